The van der Waals surface area contributed by atoms with Crippen molar-refractivity contribution in [1.82, 2.24) is 0 Å². The molecule has 0 aromatic heterocycles. The number of nitrogens with one attached hydrogen (secondary N) is 1. The minimum Gasteiger partial charge on any atom is -0.322 e. The second-order valence-corrected chi connectivity index (χ2v) is 5.31. The van der Waals surface area contributed by atoms with E-state index in [9.17, 15) is 14.9 Å². The molecule has 23 heavy (non-hydrogen) atoms. The number of hydrogen-bond acceptors (Lipinski definition) is 3. The average molecular weight is 327 g/mol. The fourth-order valence-electron chi connectivity index (χ4n) is 2.35. The van der Waals surface area contributed by atoms with Gasteiger partial charge in [-0.05, 0) is 29.0 Å². The van der Waals surface area contributed by atoms with Crippen molar-refractivity contribution in [3.8, 4) is 0 Å². The number of fused-ring (bicyclic) bond motifs is 1. The summed E-state index contributed by atoms with van der Waals surface area (Å²) in [7, 11) is 0. The number of nitro groups is 1. The zero-order valence-electron chi connectivity index (χ0n) is 11.8. The number of hydrogen-bond donors (Lipinski definition) is 1. The van der Waals surface area contributed by atoms with Crippen LogP contribution in [-0.4, -0.2) is 10.8 Å². The molecule has 0 atom stereocenters. The van der Waals surface area contributed by atoms with Gasteiger partial charge in [-0.25, -0.2) is 0 Å². The van der Waals surface area contributed by atoms with Gasteiger partial charge in [0.2, 0.25) is 0 Å². The van der Waals surface area contributed by atoms with Gasteiger partial charge in [0, 0.05) is 17.3 Å². The van der Waals surface area contributed by atoms with Crippen LogP contribution >= 0.6 is 11.6 Å². The summed E-state index contributed by atoms with van der Waals surface area (Å²) in [5.41, 5.74) is 0.571. The fraction of sp³-hybridized carbons (Fsp3) is 0. The van der Waals surface area contributed by atoms with Gasteiger partial charge in [-0.1, -0.05) is 48.0 Å². The zero-order valence-corrected chi connectivity index (χ0v) is 12.6. The van der Waals surface area contributed by atoms with Crippen LogP contribution in [0.2, 0.25) is 5.02 Å². The molecule has 0 aliphatic rings. The van der Waals surface area contributed by atoms with E-state index in [0.29, 0.717) is 11.3 Å². The molecule has 3 rings (SSSR count). The summed E-state index contributed by atoms with van der Waals surface area (Å²) in [6.45, 7) is 0. The minimum atomic E-state index is -0.587. The third-order valence-corrected chi connectivity index (χ3v) is 3.75. The molecule has 0 saturated carbocycles. The third kappa shape index (κ3) is 3.00. The monoisotopic (exact) mass is 326 g/mol. The van der Waals surface area contributed by atoms with Crippen molar-refractivity contribution in [2.75, 3.05) is 5.32 Å². The molecule has 1 N–H and O–H groups in total. The molecule has 0 spiro atoms. The molecule has 0 radical (unpaired) electrons. The smallest absolute Gasteiger partial charge is 0.289 e. The van der Waals surface area contributed by atoms with E-state index in [2.05, 4.69) is 5.32 Å². The third-order valence-electron chi connectivity index (χ3n) is 3.43. The standard InChI is InChI=1S/C17H11ClN2O3/c18-15-9-8-12(10-16(15)20(22)23)19-17(21)14-7-3-5-11-4-1-2-6-13(11)14/h1-10H,(H,19,21). The molecule has 6 heteroatoms. The molecule has 0 bridgehead atoms. The molecule has 5 nitrogen and oxygen atoms in total. The maximum Gasteiger partial charge on any atom is 0.289 e. The van der Waals surface area contributed by atoms with Gasteiger partial charge in [-0.3, -0.25) is 14.9 Å². The van der Waals surface area contributed by atoms with Crippen molar-refractivity contribution >= 4 is 39.7 Å². The van der Waals surface area contributed by atoms with E-state index < -0.39 is 4.92 Å². The average Bonchev–Trinajstić information content (AvgIpc) is 2.55. The molecule has 0 aliphatic carbocycles. The van der Waals surface area contributed by atoms with Gasteiger partial charge >= 0.3 is 0 Å². The number of carbonyl (C=O) groups excluding carboxylic acids is 1. The Morgan fingerprint density at radius 1 is 1.04 bits per heavy atom. The minimum absolute atomic E-state index is 0.0261. The highest BCUT2D eigenvalue weighted by atomic mass is 35.5. The Balaban J connectivity index is 1.95. The topological polar surface area (TPSA) is 72.2 Å². The first-order valence-corrected chi connectivity index (χ1v) is 7.17. The van der Waals surface area contributed by atoms with E-state index >= 15 is 0 Å². The lowest BCUT2D eigenvalue weighted by Gasteiger charge is -2.08. The maximum absolute atomic E-state index is 12.5. The fourth-order valence-corrected chi connectivity index (χ4v) is 2.54. The van der Waals surface area contributed by atoms with Crippen LogP contribution in [0.15, 0.2) is 60.7 Å². The van der Waals surface area contributed by atoms with Gasteiger partial charge in [0.25, 0.3) is 11.6 Å². The van der Waals surface area contributed by atoms with E-state index in [0.717, 1.165) is 10.8 Å². The van der Waals surface area contributed by atoms with E-state index in [-0.39, 0.29) is 16.6 Å². The predicted molar refractivity (Wildman–Crippen MR) is 90.0 cm³/mol. The van der Waals surface area contributed by atoms with Crippen LogP contribution in [0.5, 0.6) is 0 Å². The van der Waals surface area contributed by atoms with Gasteiger partial charge in [0.05, 0.1) is 4.92 Å². The number of nitro benzene ring substituents is 1. The van der Waals surface area contributed by atoms with Crippen LogP contribution in [-0.2, 0) is 0 Å². The van der Waals surface area contributed by atoms with Gasteiger partial charge in [0.1, 0.15) is 5.02 Å². The van der Waals surface area contributed by atoms with Crippen molar-refractivity contribution in [1.29, 1.82) is 0 Å². The first kappa shape index (κ1) is 15.0. The Bertz CT molecular complexity index is 919. The lowest BCUT2D eigenvalue weighted by molar-refractivity contribution is -0.384. The molecule has 0 saturated heterocycles. The Morgan fingerprint density at radius 3 is 2.57 bits per heavy atom. The number of halogens is 1. The summed E-state index contributed by atoms with van der Waals surface area (Å²) in [5.74, 6) is -0.335. The molecular weight excluding hydrogens is 316 g/mol. The summed E-state index contributed by atoms with van der Waals surface area (Å²) < 4.78 is 0. The van der Waals surface area contributed by atoms with E-state index in [1.165, 1.54) is 18.2 Å². The summed E-state index contributed by atoms with van der Waals surface area (Å²) in [4.78, 5) is 22.8. The summed E-state index contributed by atoms with van der Waals surface area (Å²) in [5, 5.41) is 15.4. The molecule has 0 heterocycles. The van der Waals surface area contributed by atoms with Crippen molar-refractivity contribution in [3.05, 3.63) is 81.4 Å². The lowest BCUT2D eigenvalue weighted by Crippen LogP contribution is -2.12. The second-order valence-electron chi connectivity index (χ2n) is 4.90. The summed E-state index contributed by atoms with van der Waals surface area (Å²) in [6, 6.07) is 17.1. The highest BCUT2D eigenvalue weighted by Crippen LogP contribution is 2.28. The first-order chi connectivity index (χ1) is 11.1. The second kappa shape index (κ2) is 6.06. The molecular formula is C17H11ClN2O3. The zero-order chi connectivity index (χ0) is 16.4. The quantitative estimate of drug-likeness (QED) is 0.562. The molecule has 0 aliphatic heterocycles. The van der Waals surface area contributed by atoms with Gasteiger partial charge in [-0.15, -0.1) is 0 Å². The molecule has 114 valence electrons. The Hall–Kier alpha value is -2.92. The largest absolute Gasteiger partial charge is 0.322 e. The number of carbonyl (C=O) groups is 1. The van der Waals surface area contributed by atoms with Crippen LogP contribution in [0.4, 0.5) is 11.4 Å². The summed E-state index contributed by atoms with van der Waals surface area (Å²) >= 11 is 5.77. The van der Waals surface area contributed by atoms with Crippen LogP contribution in [0, 0.1) is 10.1 Å². The molecule has 0 fully saturated rings. The highest BCUT2D eigenvalue weighted by molar-refractivity contribution is 6.32. The van der Waals surface area contributed by atoms with Crippen molar-refractivity contribution < 1.29 is 9.72 Å². The van der Waals surface area contributed by atoms with Crippen LogP contribution in [0.1, 0.15) is 10.4 Å². The number of amides is 1. The van der Waals surface area contributed by atoms with Crippen molar-refractivity contribution in [2.45, 2.75) is 0 Å². The van der Waals surface area contributed by atoms with Crippen LogP contribution in [0.25, 0.3) is 10.8 Å². The van der Waals surface area contributed by atoms with Gasteiger partial charge in [0.15, 0.2) is 0 Å². The Kier molecular flexibility index (Phi) is 3.95. The number of benzene rings is 3. The Labute approximate surface area is 136 Å². The first-order valence-electron chi connectivity index (χ1n) is 6.79. The molecule has 3 aromatic rings. The molecule has 3 aromatic carbocycles. The lowest BCUT2D eigenvalue weighted by atomic mass is 10.0. The van der Waals surface area contributed by atoms with Crippen LogP contribution in [0.3, 0.4) is 0 Å². The van der Waals surface area contributed by atoms with Crippen LogP contribution < -0.4 is 5.32 Å². The van der Waals surface area contributed by atoms with Crippen molar-refractivity contribution in [2.24, 2.45) is 0 Å². The predicted octanol–water partition coefficient (Wildman–Crippen LogP) is 4.65. The SMILES string of the molecule is O=C(Nc1ccc(Cl)c([N+](=O)[O-])c1)c1cccc2ccccc12. The Morgan fingerprint density at radius 2 is 1.78 bits per heavy atom. The van der Waals surface area contributed by atoms with Gasteiger partial charge in [-0.2, -0.15) is 0 Å². The summed E-state index contributed by atoms with van der Waals surface area (Å²) in [6.07, 6.45) is 0. The number of rotatable bonds is 3. The van der Waals surface area contributed by atoms with E-state index in [4.69, 9.17) is 11.6 Å². The van der Waals surface area contributed by atoms with Gasteiger partial charge < -0.3 is 5.32 Å². The van der Waals surface area contributed by atoms with E-state index in [1.54, 1.807) is 12.1 Å². The molecule has 1 amide bonds. The highest BCUT2D eigenvalue weighted by Gasteiger charge is 2.15. The number of anilines is 1. The normalized spacial score (nSPS) is 10.5. The van der Waals surface area contributed by atoms with E-state index in [1.807, 2.05) is 30.3 Å². The number of nitrogens with zero attached hydrogens (tertiary/aromatic N) is 1. The molecule has 0 unspecified atom stereocenters. The maximum atomic E-state index is 12.5. The van der Waals surface area contributed by atoms with Crippen molar-refractivity contribution in [3.63, 3.8) is 0 Å².